The number of nitrogens with zero attached hydrogens (tertiary/aromatic N) is 2. The molecular weight excluding hydrogens is 466 g/mol. The second kappa shape index (κ2) is 8.71. The van der Waals surface area contributed by atoms with Crippen molar-refractivity contribution in [2.45, 2.75) is 31.8 Å². The number of carbonyl (C=O) groups is 3. The lowest BCUT2D eigenvalue weighted by atomic mass is 9.82. The molecule has 2 aromatic carbocycles. The largest absolute Gasteiger partial charge is 0.495 e. The highest BCUT2D eigenvalue weighted by Crippen LogP contribution is 2.43. The third-order valence-corrected chi connectivity index (χ3v) is 7.72. The number of benzene rings is 2. The van der Waals surface area contributed by atoms with Gasteiger partial charge in [-0.25, -0.2) is 0 Å². The summed E-state index contributed by atoms with van der Waals surface area (Å²) in [5.74, 6) is 0.651. The van der Waals surface area contributed by atoms with E-state index in [1.807, 2.05) is 18.2 Å². The van der Waals surface area contributed by atoms with Crippen LogP contribution in [0.5, 0.6) is 11.5 Å². The summed E-state index contributed by atoms with van der Waals surface area (Å²) in [6.45, 7) is 2.24. The Hall–Kier alpha value is -3.90. The van der Waals surface area contributed by atoms with Gasteiger partial charge < -0.3 is 19.7 Å². The maximum absolute atomic E-state index is 13.7. The van der Waals surface area contributed by atoms with Gasteiger partial charge in [-0.2, -0.15) is 5.26 Å². The van der Waals surface area contributed by atoms with Crippen LogP contribution in [0.15, 0.2) is 36.4 Å². The minimum Gasteiger partial charge on any atom is -0.495 e. The van der Waals surface area contributed by atoms with Gasteiger partial charge >= 0.3 is 0 Å². The lowest BCUT2D eigenvalue weighted by molar-refractivity contribution is -0.114. The minimum absolute atomic E-state index is 0.0491. The summed E-state index contributed by atoms with van der Waals surface area (Å²) >= 11 is 1.32. The first-order chi connectivity index (χ1) is 16.8. The smallest absolute Gasteiger partial charge is 0.257 e. The van der Waals surface area contributed by atoms with Crippen LogP contribution in [0, 0.1) is 11.3 Å². The molecule has 5 rings (SSSR count). The van der Waals surface area contributed by atoms with Crippen LogP contribution in [-0.4, -0.2) is 48.3 Å². The summed E-state index contributed by atoms with van der Waals surface area (Å²) < 4.78 is 12.5. The first kappa shape index (κ1) is 22.9. The summed E-state index contributed by atoms with van der Waals surface area (Å²) in [5.41, 5.74) is 0.638. The van der Waals surface area contributed by atoms with Crippen LogP contribution in [0.4, 0.5) is 5.00 Å². The Morgan fingerprint density at radius 2 is 2.00 bits per heavy atom. The molecule has 2 aliphatic heterocycles. The van der Waals surface area contributed by atoms with Crippen LogP contribution < -0.4 is 14.8 Å². The van der Waals surface area contributed by atoms with E-state index in [0.29, 0.717) is 59.1 Å². The van der Waals surface area contributed by atoms with Crippen molar-refractivity contribution in [3.63, 3.8) is 0 Å². The van der Waals surface area contributed by atoms with Gasteiger partial charge in [0.2, 0.25) is 5.91 Å². The maximum Gasteiger partial charge on any atom is 0.257 e. The number of fused-ring (bicyclic) bond motifs is 2. The Kier molecular flexibility index (Phi) is 5.69. The molecule has 1 fully saturated rings. The molecule has 3 aromatic rings. The molecule has 178 valence electrons. The van der Waals surface area contributed by atoms with Crippen LogP contribution in [0.3, 0.4) is 0 Å². The normalized spacial score (nSPS) is 16.4. The standard InChI is InChI=1S/C26H23N3O5S/c1-15(30)28-24-22(17-4-3-5-21(33-2)23(17)35-24)25(32)29-10-8-26(9-11-29)13-19(31)18-12-16(14-27)6-7-20(18)34-26/h3-7,12H,8-11,13H2,1-2H3,(H,28,30). The first-order valence-corrected chi connectivity index (χ1v) is 12.1. The Labute approximate surface area is 206 Å². The van der Waals surface area contributed by atoms with Crippen molar-refractivity contribution in [2.24, 2.45) is 0 Å². The average molecular weight is 490 g/mol. The summed E-state index contributed by atoms with van der Waals surface area (Å²) in [7, 11) is 1.57. The van der Waals surface area contributed by atoms with Crippen LogP contribution in [0.25, 0.3) is 10.1 Å². The lowest BCUT2D eigenvalue weighted by Crippen LogP contribution is -2.52. The molecule has 9 heteroatoms. The number of anilines is 1. The monoisotopic (exact) mass is 489 g/mol. The maximum atomic E-state index is 13.7. The van der Waals surface area contributed by atoms with E-state index in [4.69, 9.17) is 14.7 Å². The lowest BCUT2D eigenvalue weighted by Gasteiger charge is -2.44. The van der Waals surface area contributed by atoms with Crippen molar-refractivity contribution in [2.75, 3.05) is 25.5 Å². The zero-order chi connectivity index (χ0) is 24.7. The molecule has 8 nitrogen and oxygen atoms in total. The summed E-state index contributed by atoms with van der Waals surface area (Å²) in [6.07, 6.45) is 1.22. The number of piperidine rings is 1. The molecule has 35 heavy (non-hydrogen) atoms. The zero-order valence-corrected chi connectivity index (χ0v) is 20.2. The predicted molar refractivity (Wildman–Crippen MR) is 131 cm³/mol. The molecular formula is C26H23N3O5S. The van der Waals surface area contributed by atoms with Gasteiger partial charge in [0.15, 0.2) is 5.78 Å². The second-order valence-corrected chi connectivity index (χ2v) is 9.84. The van der Waals surface area contributed by atoms with Gasteiger partial charge in [0, 0.05) is 38.2 Å². The number of methoxy groups -OCH3 is 1. The topological polar surface area (TPSA) is 109 Å². The number of hydrogen-bond donors (Lipinski definition) is 1. The molecule has 0 unspecified atom stereocenters. The predicted octanol–water partition coefficient (Wildman–Crippen LogP) is 4.38. The molecule has 0 radical (unpaired) electrons. The summed E-state index contributed by atoms with van der Waals surface area (Å²) in [5, 5.41) is 13.1. The van der Waals surface area contributed by atoms with Crippen molar-refractivity contribution < 1.29 is 23.9 Å². The Morgan fingerprint density at radius 3 is 2.69 bits per heavy atom. The zero-order valence-electron chi connectivity index (χ0n) is 19.3. The van der Waals surface area contributed by atoms with Gasteiger partial charge in [0.05, 0.1) is 41.0 Å². The van der Waals surface area contributed by atoms with Crippen molar-refractivity contribution in [3.8, 4) is 17.6 Å². The number of ketones is 1. The van der Waals surface area contributed by atoms with Crippen molar-refractivity contribution in [1.29, 1.82) is 5.26 Å². The number of nitrogens with one attached hydrogen (secondary N) is 1. The molecule has 1 spiro atoms. The van der Waals surface area contributed by atoms with Crippen LogP contribution in [0.2, 0.25) is 0 Å². The highest BCUT2D eigenvalue weighted by molar-refractivity contribution is 7.23. The summed E-state index contributed by atoms with van der Waals surface area (Å²) in [4.78, 5) is 40.1. The molecule has 1 N–H and O–H groups in total. The van der Waals surface area contributed by atoms with E-state index in [9.17, 15) is 14.4 Å². The van der Waals surface area contributed by atoms with E-state index >= 15 is 0 Å². The Morgan fingerprint density at radius 1 is 1.23 bits per heavy atom. The minimum atomic E-state index is -0.671. The van der Waals surface area contributed by atoms with Crippen LogP contribution >= 0.6 is 11.3 Å². The molecule has 1 saturated heterocycles. The molecule has 0 atom stereocenters. The third kappa shape index (κ3) is 4.00. The number of hydrogen-bond acceptors (Lipinski definition) is 7. The van der Waals surface area contributed by atoms with Crippen molar-refractivity contribution in [1.82, 2.24) is 4.90 Å². The van der Waals surface area contributed by atoms with Gasteiger partial charge in [0.25, 0.3) is 5.91 Å². The van der Waals surface area contributed by atoms with E-state index in [2.05, 4.69) is 11.4 Å². The molecule has 2 aliphatic rings. The highest BCUT2D eigenvalue weighted by Gasteiger charge is 2.44. The Balaban J connectivity index is 1.40. The number of amides is 2. The number of ether oxygens (including phenoxy) is 2. The highest BCUT2D eigenvalue weighted by atomic mass is 32.1. The van der Waals surface area contributed by atoms with E-state index in [0.717, 1.165) is 10.1 Å². The van der Waals surface area contributed by atoms with Gasteiger partial charge in [-0.1, -0.05) is 12.1 Å². The number of Topliss-reactive ketones (excluding diaryl/α,β-unsaturated/α-hetero) is 1. The first-order valence-electron chi connectivity index (χ1n) is 11.3. The Bertz CT molecular complexity index is 1410. The quantitative estimate of drug-likeness (QED) is 0.585. The fraction of sp³-hybridized carbons (Fsp3) is 0.308. The van der Waals surface area contributed by atoms with Crippen molar-refractivity contribution >= 4 is 44.0 Å². The van der Waals surface area contributed by atoms with Gasteiger partial charge in [-0.15, -0.1) is 11.3 Å². The number of likely N-dealkylation sites (tertiary alicyclic amines) is 1. The van der Waals surface area contributed by atoms with Gasteiger partial charge in [-0.05, 0) is 24.3 Å². The third-order valence-electron chi connectivity index (χ3n) is 6.58. The SMILES string of the molecule is COc1cccc2c(C(=O)N3CCC4(CC3)CC(=O)c3cc(C#N)ccc3O4)c(NC(C)=O)sc12. The number of rotatable bonds is 3. The van der Waals surface area contributed by atoms with E-state index in [1.165, 1.54) is 18.3 Å². The summed E-state index contributed by atoms with van der Waals surface area (Å²) in [6, 6.07) is 12.4. The molecule has 0 saturated carbocycles. The van der Waals surface area contributed by atoms with Crippen molar-refractivity contribution in [3.05, 3.63) is 53.1 Å². The van der Waals surface area contributed by atoms with E-state index in [1.54, 1.807) is 30.2 Å². The number of thiophene rings is 1. The van der Waals surface area contributed by atoms with Crippen LogP contribution in [0.1, 0.15) is 52.5 Å². The van der Waals surface area contributed by atoms with Crippen LogP contribution in [-0.2, 0) is 4.79 Å². The molecule has 0 bridgehead atoms. The molecule has 2 amide bonds. The van der Waals surface area contributed by atoms with E-state index in [-0.39, 0.29) is 24.0 Å². The van der Waals surface area contributed by atoms with E-state index < -0.39 is 5.60 Å². The fourth-order valence-electron chi connectivity index (χ4n) is 4.83. The molecule has 3 heterocycles. The second-order valence-electron chi connectivity index (χ2n) is 8.82. The van der Waals surface area contributed by atoms with Gasteiger partial charge in [-0.3, -0.25) is 14.4 Å². The number of carbonyl (C=O) groups excluding carboxylic acids is 3. The number of nitriles is 1. The van der Waals surface area contributed by atoms with Gasteiger partial charge in [0.1, 0.15) is 22.1 Å². The average Bonchev–Trinajstić information content (AvgIpc) is 3.21. The molecule has 1 aromatic heterocycles. The fourth-order valence-corrected chi connectivity index (χ4v) is 6.06. The molecule has 0 aliphatic carbocycles.